The van der Waals surface area contributed by atoms with Crippen LogP contribution in [0.2, 0.25) is 0 Å². The Morgan fingerprint density at radius 2 is 2.33 bits per heavy atom. The van der Waals surface area contributed by atoms with Crippen molar-refractivity contribution in [1.29, 1.82) is 0 Å². The molecule has 1 N–H and O–H groups in total. The van der Waals surface area contributed by atoms with Gasteiger partial charge in [-0.05, 0) is 51.2 Å². The number of carbonyl (C=O) groups is 1. The fraction of sp³-hybridized carbons (Fsp3) is 0.625. The summed E-state index contributed by atoms with van der Waals surface area (Å²) in [7, 11) is 0. The Labute approximate surface area is 130 Å². The number of aromatic nitrogens is 1. The molecular weight excluding hydrogens is 284 g/mol. The van der Waals surface area contributed by atoms with Gasteiger partial charge in [0.2, 0.25) is 0 Å². The lowest BCUT2D eigenvalue weighted by molar-refractivity contribution is -0.151. The van der Waals surface area contributed by atoms with Crippen LogP contribution in [0.3, 0.4) is 0 Å². The molecule has 4 nitrogen and oxygen atoms in total. The minimum Gasteiger partial charge on any atom is -0.465 e. The van der Waals surface area contributed by atoms with Crippen molar-refractivity contribution in [2.24, 2.45) is 0 Å². The third kappa shape index (κ3) is 3.58. The molecule has 3 rings (SSSR count). The van der Waals surface area contributed by atoms with Gasteiger partial charge in [0.05, 0.1) is 11.6 Å². The molecule has 0 spiro atoms. The third-order valence-corrected chi connectivity index (χ3v) is 5.34. The Kier molecular flexibility index (Phi) is 4.50. The van der Waals surface area contributed by atoms with E-state index in [-0.39, 0.29) is 5.97 Å². The van der Waals surface area contributed by atoms with E-state index in [2.05, 4.69) is 10.3 Å². The van der Waals surface area contributed by atoms with Gasteiger partial charge in [0.1, 0.15) is 5.54 Å². The Hall–Kier alpha value is -1.07. The van der Waals surface area contributed by atoms with Gasteiger partial charge in [0.25, 0.3) is 0 Å². The smallest absolute Gasteiger partial charge is 0.326 e. The zero-order valence-corrected chi connectivity index (χ0v) is 13.2. The van der Waals surface area contributed by atoms with Gasteiger partial charge in [0.15, 0.2) is 0 Å². The zero-order valence-electron chi connectivity index (χ0n) is 12.4. The quantitative estimate of drug-likeness (QED) is 0.819. The monoisotopic (exact) mass is 306 g/mol. The van der Waals surface area contributed by atoms with Crippen LogP contribution in [0.1, 0.15) is 39.0 Å². The topological polar surface area (TPSA) is 51.2 Å². The van der Waals surface area contributed by atoms with Crippen LogP contribution in [0.25, 0.3) is 0 Å². The predicted molar refractivity (Wildman–Crippen MR) is 83.3 cm³/mol. The summed E-state index contributed by atoms with van der Waals surface area (Å²) < 4.78 is 5.33. The molecule has 2 atom stereocenters. The second-order valence-corrected chi connectivity index (χ2v) is 7.19. The second-order valence-electron chi connectivity index (χ2n) is 5.87. The Balaban J connectivity index is 1.66. The normalized spacial score (nSPS) is 28.5. The van der Waals surface area contributed by atoms with Crippen LogP contribution >= 0.6 is 11.8 Å². The molecular formula is C16H22N2O2S. The summed E-state index contributed by atoms with van der Waals surface area (Å²) in [6.45, 7) is 2.32. The molecule has 1 aromatic heterocycles. The van der Waals surface area contributed by atoms with E-state index in [9.17, 15) is 4.79 Å². The van der Waals surface area contributed by atoms with Gasteiger partial charge in [-0.2, -0.15) is 0 Å². The molecule has 0 amide bonds. The lowest BCUT2D eigenvalue weighted by atomic mass is 9.97. The lowest BCUT2D eigenvalue weighted by Crippen LogP contribution is -2.52. The number of nitrogens with zero attached hydrogens (tertiary/aromatic N) is 1. The number of rotatable bonds is 6. The Bertz CT molecular complexity index is 492. The molecule has 21 heavy (non-hydrogen) atoms. The van der Waals surface area contributed by atoms with E-state index in [0.29, 0.717) is 17.9 Å². The highest BCUT2D eigenvalue weighted by atomic mass is 32.2. The first kappa shape index (κ1) is 14.9. The van der Waals surface area contributed by atoms with Gasteiger partial charge in [0, 0.05) is 17.5 Å². The fourth-order valence-corrected chi connectivity index (χ4v) is 4.18. The van der Waals surface area contributed by atoms with Gasteiger partial charge in [-0.1, -0.05) is 6.07 Å². The van der Waals surface area contributed by atoms with Gasteiger partial charge in [-0.25, -0.2) is 4.98 Å². The largest absolute Gasteiger partial charge is 0.465 e. The van der Waals surface area contributed by atoms with Crippen molar-refractivity contribution in [3.05, 3.63) is 24.4 Å². The first-order valence-corrected chi connectivity index (χ1v) is 8.62. The highest BCUT2D eigenvalue weighted by Crippen LogP contribution is 2.42. The van der Waals surface area contributed by atoms with Crippen LogP contribution < -0.4 is 5.32 Å². The highest BCUT2D eigenvalue weighted by Gasteiger charge is 2.49. The molecule has 0 aliphatic heterocycles. The molecule has 2 unspecified atom stereocenters. The highest BCUT2D eigenvalue weighted by molar-refractivity contribution is 7.99. The maximum Gasteiger partial charge on any atom is 0.326 e. The number of thioether (sulfide) groups is 1. The standard InChI is InChI=1S/C16H22N2O2S/c1-2-20-15(19)16(18-12-6-7-12)9-8-13(11-16)21-14-5-3-4-10-17-14/h3-5,10,12-13,18H,2,6-9,11H2,1H3. The Morgan fingerprint density at radius 1 is 1.48 bits per heavy atom. The van der Waals surface area contributed by atoms with Crippen molar-refractivity contribution >= 4 is 17.7 Å². The van der Waals surface area contributed by atoms with Crippen molar-refractivity contribution in [3.8, 4) is 0 Å². The Morgan fingerprint density at radius 3 is 3.00 bits per heavy atom. The van der Waals surface area contributed by atoms with Crippen molar-refractivity contribution in [3.63, 3.8) is 0 Å². The summed E-state index contributed by atoms with van der Waals surface area (Å²) in [5.74, 6) is -0.0685. The van der Waals surface area contributed by atoms with Crippen LogP contribution in [0, 0.1) is 0 Å². The average molecular weight is 306 g/mol. The first-order chi connectivity index (χ1) is 10.2. The molecule has 0 saturated heterocycles. The average Bonchev–Trinajstić information content (AvgIpc) is 3.20. The van der Waals surface area contributed by atoms with E-state index in [1.807, 2.05) is 31.3 Å². The SMILES string of the molecule is CCOC(=O)C1(NC2CC2)CCC(Sc2ccccn2)C1. The molecule has 2 saturated carbocycles. The van der Waals surface area contributed by atoms with Crippen LogP contribution in [0.5, 0.6) is 0 Å². The van der Waals surface area contributed by atoms with Gasteiger partial charge >= 0.3 is 5.97 Å². The summed E-state index contributed by atoms with van der Waals surface area (Å²) in [5.41, 5.74) is -0.469. The van der Waals surface area contributed by atoms with Crippen molar-refractivity contribution in [1.82, 2.24) is 10.3 Å². The molecule has 1 aromatic rings. The molecule has 0 aromatic carbocycles. The minimum absolute atomic E-state index is 0.0685. The lowest BCUT2D eigenvalue weighted by Gasteiger charge is -2.28. The van der Waals surface area contributed by atoms with Gasteiger partial charge < -0.3 is 4.74 Å². The molecule has 2 fully saturated rings. The number of pyridine rings is 1. The van der Waals surface area contributed by atoms with E-state index in [4.69, 9.17) is 4.74 Å². The zero-order chi connectivity index (χ0) is 14.7. The first-order valence-electron chi connectivity index (χ1n) is 7.74. The molecule has 2 aliphatic rings. The number of esters is 1. The van der Waals surface area contributed by atoms with Crippen molar-refractivity contribution < 1.29 is 9.53 Å². The molecule has 5 heteroatoms. The summed E-state index contributed by atoms with van der Waals surface area (Å²) >= 11 is 1.78. The summed E-state index contributed by atoms with van der Waals surface area (Å²) in [6, 6.07) is 6.47. The molecule has 1 heterocycles. The minimum atomic E-state index is -0.469. The van der Waals surface area contributed by atoms with Crippen LogP contribution in [-0.4, -0.2) is 34.4 Å². The number of carbonyl (C=O) groups excluding carboxylic acids is 1. The summed E-state index contributed by atoms with van der Waals surface area (Å²) in [6.07, 6.45) is 6.91. The van der Waals surface area contributed by atoms with E-state index >= 15 is 0 Å². The van der Waals surface area contributed by atoms with Crippen LogP contribution in [-0.2, 0) is 9.53 Å². The molecule has 114 valence electrons. The second kappa shape index (κ2) is 6.36. The molecule has 0 bridgehead atoms. The fourth-order valence-electron chi connectivity index (χ4n) is 2.95. The van der Waals surface area contributed by atoms with Crippen LogP contribution in [0.15, 0.2) is 29.4 Å². The third-order valence-electron chi connectivity index (χ3n) is 4.12. The van der Waals surface area contributed by atoms with E-state index in [1.165, 1.54) is 12.8 Å². The number of hydrogen-bond donors (Lipinski definition) is 1. The maximum absolute atomic E-state index is 12.4. The number of ether oxygens (including phenoxy) is 1. The van der Waals surface area contributed by atoms with Crippen molar-refractivity contribution in [2.75, 3.05) is 6.61 Å². The van der Waals surface area contributed by atoms with Crippen molar-refractivity contribution in [2.45, 2.75) is 60.9 Å². The number of hydrogen-bond acceptors (Lipinski definition) is 5. The summed E-state index contributed by atoms with van der Waals surface area (Å²) in [4.78, 5) is 16.8. The van der Waals surface area contributed by atoms with Gasteiger partial charge in [-0.15, -0.1) is 11.8 Å². The molecule has 2 aliphatic carbocycles. The van der Waals surface area contributed by atoms with E-state index in [0.717, 1.165) is 24.3 Å². The summed E-state index contributed by atoms with van der Waals surface area (Å²) in [5, 5.41) is 5.02. The van der Waals surface area contributed by atoms with Gasteiger partial charge in [-0.3, -0.25) is 10.1 Å². The predicted octanol–water partition coefficient (Wildman–Crippen LogP) is 2.78. The van der Waals surface area contributed by atoms with Crippen LogP contribution in [0.4, 0.5) is 0 Å². The van der Waals surface area contributed by atoms with E-state index in [1.54, 1.807) is 11.8 Å². The maximum atomic E-state index is 12.4. The number of nitrogens with one attached hydrogen (secondary N) is 1. The van der Waals surface area contributed by atoms with E-state index < -0.39 is 5.54 Å². The molecule has 0 radical (unpaired) electrons.